The maximum Gasteiger partial charge on any atom is 0.251 e. The lowest BCUT2D eigenvalue weighted by Gasteiger charge is -2.24. The summed E-state index contributed by atoms with van der Waals surface area (Å²) in [4.78, 5) is 23.0. The summed E-state index contributed by atoms with van der Waals surface area (Å²) in [6.07, 6.45) is 0. The summed E-state index contributed by atoms with van der Waals surface area (Å²) in [5.74, 6) is 0.628. The molecule has 2 heterocycles. The zero-order chi connectivity index (χ0) is 20.9. The molecule has 0 spiro atoms. The zero-order valence-electron chi connectivity index (χ0n) is 17.0. The van der Waals surface area contributed by atoms with E-state index in [0.717, 1.165) is 21.8 Å². The minimum absolute atomic E-state index is 0.0436. The summed E-state index contributed by atoms with van der Waals surface area (Å²) in [5, 5.41) is 8.18. The highest BCUT2D eigenvalue weighted by molar-refractivity contribution is 7.98. The normalized spacial score (nSPS) is 12.4. The smallest absolute Gasteiger partial charge is 0.251 e. The number of nitrogens with one attached hydrogen (secondary N) is 2. The molecule has 2 N–H and O–H groups in total. The maximum absolute atomic E-state index is 13.0. The second kappa shape index (κ2) is 9.47. The van der Waals surface area contributed by atoms with Crippen LogP contribution in [0.4, 0.5) is 0 Å². The van der Waals surface area contributed by atoms with Crippen LogP contribution in [0.25, 0.3) is 11.0 Å². The van der Waals surface area contributed by atoms with Crippen molar-refractivity contribution in [2.24, 2.45) is 0 Å². The Morgan fingerprint density at radius 2 is 1.97 bits per heavy atom. The van der Waals surface area contributed by atoms with Gasteiger partial charge in [0.25, 0.3) is 5.91 Å². The molecular formula is C23H24N4OS2. The summed E-state index contributed by atoms with van der Waals surface area (Å²) in [5.41, 5.74) is 4.91. The molecule has 0 fully saturated rings. The summed E-state index contributed by atoms with van der Waals surface area (Å²) >= 11 is 3.28. The van der Waals surface area contributed by atoms with Crippen LogP contribution in [-0.4, -0.2) is 41.4 Å². The van der Waals surface area contributed by atoms with Crippen molar-refractivity contribution in [2.45, 2.75) is 17.0 Å². The molecule has 5 nitrogen and oxygen atoms in total. The van der Waals surface area contributed by atoms with E-state index in [1.54, 1.807) is 23.1 Å². The minimum atomic E-state index is -0.0436. The Labute approximate surface area is 184 Å². The van der Waals surface area contributed by atoms with E-state index in [1.807, 2.05) is 62.6 Å². The van der Waals surface area contributed by atoms with Crippen molar-refractivity contribution in [3.8, 4) is 0 Å². The maximum atomic E-state index is 13.0. The number of likely N-dealkylation sites (N-methyl/N-ethyl adjacent to an activating group) is 1. The number of benzene rings is 2. The van der Waals surface area contributed by atoms with Crippen LogP contribution in [-0.2, 0) is 5.75 Å². The molecule has 4 rings (SSSR count). The second-order valence-electron chi connectivity index (χ2n) is 7.25. The number of para-hydroxylation sites is 2. The third-order valence-electron chi connectivity index (χ3n) is 5.00. The molecule has 0 aliphatic carbocycles. The van der Waals surface area contributed by atoms with E-state index in [4.69, 9.17) is 0 Å². The number of nitrogens with zero attached hydrogens (tertiary/aromatic N) is 2. The largest absolute Gasteiger partial charge is 0.350 e. The molecule has 2 aromatic carbocycles. The Balaban J connectivity index is 1.43. The predicted octanol–water partition coefficient (Wildman–Crippen LogP) is 4.95. The minimum Gasteiger partial charge on any atom is -0.350 e. The van der Waals surface area contributed by atoms with E-state index in [2.05, 4.69) is 37.0 Å². The fraction of sp³-hybridized carbons (Fsp3) is 0.217. The van der Waals surface area contributed by atoms with Gasteiger partial charge in [0.15, 0.2) is 5.16 Å². The SMILES string of the molecule is CN(C)C(CNC(=O)c1ccccc1CSc1nc2ccccc2[nH]1)c1ccsc1. The zero-order valence-corrected chi connectivity index (χ0v) is 18.6. The number of rotatable bonds is 8. The van der Waals surface area contributed by atoms with Crippen molar-refractivity contribution >= 4 is 40.0 Å². The van der Waals surface area contributed by atoms with Gasteiger partial charge in [0, 0.05) is 17.9 Å². The van der Waals surface area contributed by atoms with E-state index >= 15 is 0 Å². The molecule has 0 saturated heterocycles. The first-order valence-electron chi connectivity index (χ1n) is 9.74. The van der Waals surface area contributed by atoms with E-state index in [-0.39, 0.29) is 11.9 Å². The molecule has 2 aromatic heterocycles. The van der Waals surface area contributed by atoms with Gasteiger partial charge < -0.3 is 15.2 Å². The Morgan fingerprint density at radius 1 is 1.17 bits per heavy atom. The number of aromatic amines is 1. The molecule has 0 saturated carbocycles. The van der Waals surface area contributed by atoms with Gasteiger partial charge in [-0.1, -0.05) is 42.1 Å². The third kappa shape index (κ3) is 4.75. The van der Waals surface area contributed by atoms with Gasteiger partial charge in [-0.05, 0) is 60.2 Å². The number of hydrogen-bond acceptors (Lipinski definition) is 5. The molecule has 0 radical (unpaired) electrons. The highest BCUT2D eigenvalue weighted by atomic mass is 32.2. The third-order valence-corrected chi connectivity index (χ3v) is 6.62. The standard InChI is InChI=1S/C23H24N4OS2/c1-27(2)21(17-11-12-29-14-17)13-24-22(28)18-8-4-3-7-16(18)15-30-23-25-19-9-5-6-10-20(19)26-23/h3-12,14,21H,13,15H2,1-2H3,(H,24,28)(H,25,26). The molecule has 0 bridgehead atoms. The number of fused-ring (bicyclic) bond motifs is 1. The number of carbonyl (C=O) groups is 1. The topological polar surface area (TPSA) is 61.0 Å². The highest BCUT2D eigenvalue weighted by Gasteiger charge is 2.18. The average Bonchev–Trinajstić information content (AvgIpc) is 3.42. The number of H-pyrrole nitrogens is 1. The quantitative estimate of drug-likeness (QED) is 0.384. The number of carbonyl (C=O) groups excluding carboxylic acids is 1. The number of imidazole rings is 1. The van der Waals surface area contributed by atoms with Gasteiger partial charge in [-0.25, -0.2) is 4.98 Å². The van der Waals surface area contributed by atoms with Gasteiger partial charge in [0.2, 0.25) is 0 Å². The first kappa shape index (κ1) is 20.7. The first-order valence-corrected chi connectivity index (χ1v) is 11.7. The summed E-state index contributed by atoms with van der Waals surface area (Å²) in [6, 6.07) is 18.0. The van der Waals surface area contributed by atoms with Gasteiger partial charge in [-0.3, -0.25) is 4.79 Å². The van der Waals surface area contributed by atoms with Crippen LogP contribution < -0.4 is 5.32 Å². The molecular weight excluding hydrogens is 412 g/mol. The van der Waals surface area contributed by atoms with E-state index in [0.29, 0.717) is 17.9 Å². The van der Waals surface area contributed by atoms with Crippen molar-refractivity contribution in [2.75, 3.05) is 20.6 Å². The molecule has 0 aliphatic rings. The van der Waals surface area contributed by atoms with Crippen LogP contribution in [0.3, 0.4) is 0 Å². The van der Waals surface area contributed by atoms with Crippen LogP contribution in [0.15, 0.2) is 70.5 Å². The van der Waals surface area contributed by atoms with Gasteiger partial charge in [0.05, 0.1) is 17.1 Å². The molecule has 154 valence electrons. The van der Waals surface area contributed by atoms with E-state index in [9.17, 15) is 4.79 Å². The van der Waals surface area contributed by atoms with Crippen molar-refractivity contribution in [3.05, 3.63) is 82.0 Å². The number of thiophene rings is 1. The van der Waals surface area contributed by atoms with E-state index < -0.39 is 0 Å². The monoisotopic (exact) mass is 436 g/mol. The number of amides is 1. The van der Waals surface area contributed by atoms with Gasteiger partial charge in [-0.2, -0.15) is 11.3 Å². The Morgan fingerprint density at radius 3 is 2.73 bits per heavy atom. The van der Waals surface area contributed by atoms with Crippen LogP contribution in [0.1, 0.15) is 27.5 Å². The fourth-order valence-electron chi connectivity index (χ4n) is 3.36. The predicted molar refractivity (Wildman–Crippen MR) is 125 cm³/mol. The van der Waals surface area contributed by atoms with Crippen molar-refractivity contribution < 1.29 is 4.79 Å². The summed E-state index contributed by atoms with van der Waals surface area (Å²) in [6.45, 7) is 0.563. The number of aromatic nitrogens is 2. The number of hydrogen-bond donors (Lipinski definition) is 2. The highest BCUT2D eigenvalue weighted by Crippen LogP contribution is 2.25. The Bertz CT molecular complexity index is 1090. The molecule has 0 aliphatic heterocycles. The summed E-state index contributed by atoms with van der Waals surface area (Å²) < 4.78 is 0. The lowest BCUT2D eigenvalue weighted by molar-refractivity contribution is 0.0941. The Hall–Kier alpha value is -2.61. The van der Waals surface area contributed by atoms with E-state index in [1.165, 1.54) is 5.56 Å². The van der Waals surface area contributed by atoms with Gasteiger partial charge in [-0.15, -0.1) is 0 Å². The first-order chi connectivity index (χ1) is 14.6. The summed E-state index contributed by atoms with van der Waals surface area (Å²) in [7, 11) is 4.07. The Kier molecular flexibility index (Phi) is 6.52. The fourth-order valence-corrected chi connectivity index (χ4v) is 4.96. The molecule has 1 amide bonds. The molecule has 7 heteroatoms. The molecule has 4 aromatic rings. The van der Waals surface area contributed by atoms with Crippen LogP contribution in [0, 0.1) is 0 Å². The van der Waals surface area contributed by atoms with Crippen molar-refractivity contribution in [1.82, 2.24) is 20.2 Å². The van der Waals surface area contributed by atoms with Crippen molar-refractivity contribution in [1.29, 1.82) is 0 Å². The molecule has 1 unspecified atom stereocenters. The van der Waals surface area contributed by atoms with Gasteiger partial charge >= 0.3 is 0 Å². The molecule has 1 atom stereocenters. The van der Waals surface area contributed by atoms with Crippen molar-refractivity contribution in [3.63, 3.8) is 0 Å². The van der Waals surface area contributed by atoms with Crippen LogP contribution >= 0.6 is 23.1 Å². The van der Waals surface area contributed by atoms with Crippen LogP contribution in [0.5, 0.6) is 0 Å². The molecule has 30 heavy (non-hydrogen) atoms. The van der Waals surface area contributed by atoms with Gasteiger partial charge in [0.1, 0.15) is 0 Å². The average molecular weight is 437 g/mol. The second-order valence-corrected chi connectivity index (χ2v) is 9.00. The lowest BCUT2D eigenvalue weighted by atomic mass is 10.1. The lowest BCUT2D eigenvalue weighted by Crippen LogP contribution is -2.34. The number of thioether (sulfide) groups is 1. The van der Waals surface area contributed by atoms with Crippen LogP contribution in [0.2, 0.25) is 0 Å².